The Hall–Kier alpha value is -1.39. The molecule has 102 valence electrons. The van der Waals surface area contributed by atoms with E-state index in [0.717, 1.165) is 22.3 Å². The lowest BCUT2D eigenvalue weighted by Gasteiger charge is -2.22. The van der Waals surface area contributed by atoms with Gasteiger partial charge in [0.15, 0.2) is 6.10 Å². The molecule has 0 bridgehead atoms. The molecule has 0 spiro atoms. The van der Waals surface area contributed by atoms with Crippen molar-refractivity contribution in [3.8, 4) is 0 Å². The van der Waals surface area contributed by atoms with Crippen LogP contribution < -0.4 is 0 Å². The molecule has 1 heterocycles. The first-order valence-corrected chi connectivity index (χ1v) is 6.53. The van der Waals surface area contributed by atoms with Gasteiger partial charge < -0.3 is 14.9 Å². The average molecular weight is 262 g/mol. The van der Waals surface area contributed by atoms with Crippen LogP contribution in [-0.2, 0) is 11.2 Å². The fourth-order valence-electron chi connectivity index (χ4n) is 3.33. The first-order valence-electron chi connectivity index (χ1n) is 6.53. The maximum Gasteiger partial charge on any atom is 0.339 e. The number of rotatable bonds is 1. The Morgan fingerprint density at radius 3 is 2.79 bits per heavy atom. The molecule has 0 fully saturated rings. The molecular weight excluding hydrogens is 244 g/mol. The molecule has 0 amide bonds. The molecule has 4 nitrogen and oxygen atoms in total. The van der Waals surface area contributed by atoms with Gasteiger partial charge in [-0.2, -0.15) is 0 Å². The van der Waals surface area contributed by atoms with Gasteiger partial charge in [0.1, 0.15) is 0 Å². The second kappa shape index (κ2) is 3.81. The summed E-state index contributed by atoms with van der Waals surface area (Å²) in [5, 5.41) is 19.7. The van der Waals surface area contributed by atoms with Gasteiger partial charge in [-0.1, -0.05) is 19.9 Å². The molecule has 19 heavy (non-hydrogen) atoms. The van der Waals surface area contributed by atoms with Gasteiger partial charge in [0.05, 0.1) is 18.3 Å². The fourth-order valence-corrected chi connectivity index (χ4v) is 3.33. The van der Waals surface area contributed by atoms with Crippen molar-refractivity contribution in [3.63, 3.8) is 0 Å². The number of hydrogen-bond donors (Lipinski definition) is 2. The topological polar surface area (TPSA) is 66.8 Å². The summed E-state index contributed by atoms with van der Waals surface area (Å²) in [5.74, 6) is -0.376. The van der Waals surface area contributed by atoms with Gasteiger partial charge in [0.25, 0.3) is 0 Å². The zero-order valence-corrected chi connectivity index (χ0v) is 11.4. The van der Waals surface area contributed by atoms with E-state index in [-0.39, 0.29) is 18.0 Å². The third kappa shape index (κ3) is 1.56. The van der Waals surface area contributed by atoms with Gasteiger partial charge in [-0.3, -0.25) is 0 Å². The summed E-state index contributed by atoms with van der Waals surface area (Å²) in [4.78, 5) is 12.0. The van der Waals surface area contributed by atoms with E-state index in [9.17, 15) is 15.0 Å². The van der Waals surface area contributed by atoms with Crippen LogP contribution in [0.5, 0.6) is 0 Å². The Kier molecular flexibility index (Phi) is 2.53. The van der Waals surface area contributed by atoms with Crippen molar-refractivity contribution < 1.29 is 19.7 Å². The second-order valence-corrected chi connectivity index (χ2v) is 6.19. The summed E-state index contributed by atoms with van der Waals surface area (Å²) in [5.41, 5.74) is 3.70. The van der Waals surface area contributed by atoms with Gasteiger partial charge in [-0.05, 0) is 35.4 Å². The standard InChI is InChI=1S/C15H18O4/c1-7-4-8-9(5-15(2,3)13(8)17)12-11(7)10(6-16)19-14(12)18/h4,10,13,16-17H,5-6H2,1-3H3/t10-,13-/m1/s1. The third-order valence-electron chi connectivity index (χ3n) is 4.32. The summed E-state index contributed by atoms with van der Waals surface area (Å²) in [6.45, 7) is 5.67. The van der Waals surface area contributed by atoms with Gasteiger partial charge >= 0.3 is 5.97 Å². The van der Waals surface area contributed by atoms with Crippen molar-refractivity contribution >= 4 is 5.97 Å². The van der Waals surface area contributed by atoms with Crippen LogP contribution in [0.3, 0.4) is 0 Å². The highest BCUT2D eigenvalue weighted by atomic mass is 16.6. The van der Waals surface area contributed by atoms with Crippen molar-refractivity contribution in [3.05, 3.63) is 33.9 Å². The third-order valence-corrected chi connectivity index (χ3v) is 4.32. The minimum atomic E-state index is -0.563. The number of esters is 1. The first kappa shape index (κ1) is 12.6. The smallest absolute Gasteiger partial charge is 0.339 e. The molecule has 0 radical (unpaired) electrons. The number of carbonyl (C=O) groups excluding carboxylic acids is 1. The molecule has 2 N–H and O–H groups in total. The first-order chi connectivity index (χ1) is 8.86. The number of cyclic esters (lactones) is 1. The molecule has 4 heteroatoms. The van der Waals surface area contributed by atoms with E-state index >= 15 is 0 Å². The number of aliphatic hydroxyl groups is 2. The van der Waals surface area contributed by atoms with Crippen molar-refractivity contribution in [2.45, 2.75) is 39.4 Å². The number of hydrogen-bond acceptors (Lipinski definition) is 4. The molecule has 0 unspecified atom stereocenters. The largest absolute Gasteiger partial charge is 0.451 e. The maximum absolute atomic E-state index is 12.0. The highest BCUT2D eigenvalue weighted by molar-refractivity contribution is 5.97. The summed E-state index contributed by atoms with van der Waals surface area (Å²) < 4.78 is 5.22. The Morgan fingerprint density at radius 1 is 1.47 bits per heavy atom. The molecule has 2 atom stereocenters. The predicted octanol–water partition coefficient (Wildman–Crippen LogP) is 1.81. The normalized spacial score (nSPS) is 27.1. The Morgan fingerprint density at radius 2 is 2.16 bits per heavy atom. The van der Waals surface area contributed by atoms with Crippen molar-refractivity contribution in [1.82, 2.24) is 0 Å². The zero-order chi connectivity index (χ0) is 13.9. The van der Waals surface area contributed by atoms with Gasteiger partial charge in [-0.15, -0.1) is 0 Å². The van der Waals surface area contributed by atoms with Crippen LogP contribution in [0, 0.1) is 12.3 Å². The average Bonchev–Trinajstić information content (AvgIpc) is 2.79. The lowest BCUT2D eigenvalue weighted by molar-refractivity contribution is 0.0233. The predicted molar refractivity (Wildman–Crippen MR) is 68.9 cm³/mol. The van der Waals surface area contributed by atoms with Crippen LogP contribution >= 0.6 is 0 Å². The zero-order valence-electron chi connectivity index (χ0n) is 11.4. The van der Waals surface area contributed by atoms with Gasteiger partial charge in [0.2, 0.25) is 0 Å². The number of aryl methyl sites for hydroxylation is 1. The summed E-state index contributed by atoms with van der Waals surface area (Å²) in [6, 6.07) is 1.93. The highest BCUT2D eigenvalue weighted by Gasteiger charge is 2.44. The Bertz CT molecular complexity index is 574. The maximum atomic E-state index is 12.0. The molecule has 3 rings (SSSR count). The summed E-state index contributed by atoms with van der Waals surface area (Å²) in [6.07, 6.45) is -0.472. The lowest BCUT2D eigenvalue weighted by atomic mass is 9.87. The van der Waals surface area contributed by atoms with E-state index in [1.54, 1.807) is 0 Å². The van der Waals surface area contributed by atoms with E-state index in [4.69, 9.17) is 4.74 Å². The Balaban J connectivity index is 2.26. The van der Waals surface area contributed by atoms with E-state index in [0.29, 0.717) is 12.0 Å². The molecule has 1 aromatic rings. The second-order valence-electron chi connectivity index (χ2n) is 6.19. The van der Waals surface area contributed by atoms with Crippen LogP contribution in [0.25, 0.3) is 0 Å². The number of fused-ring (bicyclic) bond motifs is 3. The number of aliphatic hydroxyl groups excluding tert-OH is 2. The molecular formula is C15H18O4. The van der Waals surface area contributed by atoms with Crippen LogP contribution in [0.15, 0.2) is 6.07 Å². The van der Waals surface area contributed by atoms with Crippen LogP contribution in [-0.4, -0.2) is 22.8 Å². The highest BCUT2D eigenvalue weighted by Crippen LogP contribution is 2.50. The van der Waals surface area contributed by atoms with Crippen molar-refractivity contribution in [2.24, 2.45) is 5.41 Å². The molecule has 2 aliphatic rings. The molecule has 0 saturated heterocycles. The number of ether oxygens (including phenoxy) is 1. The SMILES string of the molecule is Cc1cc2c(c3c1[C@@H](CO)OC3=O)CC(C)(C)[C@@H]2O. The van der Waals surface area contributed by atoms with Gasteiger partial charge in [0, 0.05) is 5.56 Å². The molecule has 0 aromatic heterocycles. The number of carbonyl (C=O) groups is 1. The molecule has 0 saturated carbocycles. The van der Waals surface area contributed by atoms with Crippen LogP contribution in [0.1, 0.15) is 58.7 Å². The van der Waals surface area contributed by atoms with Crippen molar-refractivity contribution in [2.75, 3.05) is 6.61 Å². The summed E-state index contributed by atoms with van der Waals surface area (Å²) >= 11 is 0. The molecule has 1 aliphatic carbocycles. The van der Waals surface area contributed by atoms with E-state index in [1.807, 2.05) is 26.8 Å². The molecule has 1 aromatic carbocycles. The van der Waals surface area contributed by atoms with E-state index < -0.39 is 12.2 Å². The monoisotopic (exact) mass is 262 g/mol. The van der Waals surface area contributed by atoms with Crippen molar-refractivity contribution in [1.29, 1.82) is 0 Å². The van der Waals surface area contributed by atoms with E-state index in [1.165, 1.54) is 0 Å². The Labute approximate surface area is 112 Å². The van der Waals surface area contributed by atoms with Crippen LogP contribution in [0.4, 0.5) is 0 Å². The van der Waals surface area contributed by atoms with E-state index in [2.05, 4.69) is 0 Å². The lowest BCUT2D eigenvalue weighted by Crippen LogP contribution is -2.16. The molecule has 1 aliphatic heterocycles. The minimum Gasteiger partial charge on any atom is -0.451 e. The van der Waals surface area contributed by atoms with Crippen LogP contribution in [0.2, 0.25) is 0 Å². The quantitative estimate of drug-likeness (QED) is 0.758. The number of benzene rings is 1. The fraction of sp³-hybridized carbons (Fsp3) is 0.533. The van der Waals surface area contributed by atoms with Gasteiger partial charge in [-0.25, -0.2) is 4.79 Å². The summed E-state index contributed by atoms with van der Waals surface area (Å²) in [7, 11) is 0. The minimum absolute atomic E-state index is 0.204.